The van der Waals surface area contributed by atoms with Crippen molar-refractivity contribution in [3.05, 3.63) is 113 Å². The number of methoxy groups -OCH3 is 1. The van der Waals surface area contributed by atoms with Crippen LogP contribution in [0.4, 0.5) is 0 Å². The molecule has 4 N–H and O–H groups in total. The number of carbonyl (C=O) groups is 1. The fraction of sp³-hybridized carbons (Fsp3) is 0.281. The van der Waals surface area contributed by atoms with Gasteiger partial charge in [-0.3, -0.25) is 4.79 Å². The number of aromatic amines is 1. The van der Waals surface area contributed by atoms with E-state index in [1.54, 1.807) is 21.0 Å². The second-order valence-corrected chi connectivity index (χ2v) is 10.7. The number of carbonyl (C=O) groups excluding carboxylic acids is 1. The molecule has 0 saturated carbocycles. The van der Waals surface area contributed by atoms with Gasteiger partial charge in [-0.25, -0.2) is 0 Å². The van der Waals surface area contributed by atoms with Crippen molar-refractivity contribution in [1.82, 2.24) is 25.1 Å². The van der Waals surface area contributed by atoms with Gasteiger partial charge in [0.2, 0.25) is 5.91 Å². The number of hydrogen-bond acceptors (Lipinski definition) is 5. The summed E-state index contributed by atoms with van der Waals surface area (Å²) in [5.41, 5.74) is 9.60. The molecule has 0 bridgehead atoms. The van der Waals surface area contributed by atoms with E-state index in [4.69, 9.17) is 10.5 Å². The highest BCUT2D eigenvalue weighted by Gasteiger charge is 2.29. The Balaban J connectivity index is 1.53. The average molecular weight is 537 g/mol. The summed E-state index contributed by atoms with van der Waals surface area (Å²) in [6.07, 6.45) is 4.07. The third kappa shape index (κ3) is 6.24. The molecule has 2 heterocycles. The number of ether oxygens (including phenoxy) is 1. The zero-order valence-corrected chi connectivity index (χ0v) is 23.2. The maximum absolute atomic E-state index is 13.2. The van der Waals surface area contributed by atoms with Crippen molar-refractivity contribution in [2.45, 2.75) is 51.2 Å². The van der Waals surface area contributed by atoms with Gasteiger partial charge >= 0.3 is 0 Å². The predicted molar refractivity (Wildman–Crippen MR) is 157 cm³/mol. The van der Waals surface area contributed by atoms with Gasteiger partial charge in [-0.05, 0) is 55.2 Å². The number of fused-ring (bicyclic) bond motifs is 1. The molecule has 0 spiro atoms. The highest BCUT2D eigenvalue weighted by atomic mass is 16.5. The summed E-state index contributed by atoms with van der Waals surface area (Å²) < 4.78 is 7.49. The first-order valence-corrected chi connectivity index (χ1v) is 13.6. The number of rotatable bonds is 11. The van der Waals surface area contributed by atoms with Crippen LogP contribution in [0.5, 0.6) is 5.75 Å². The van der Waals surface area contributed by atoms with E-state index in [1.165, 1.54) is 5.56 Å². The first kappa shape index (κ1) is 27.1. The van der Waals surface area contributed by atoms with E-state index < -0.39 is 11.6 Å². The van der Waals surface area contributed by atoms with Gasteiger partial charge in [-0.1, -0.05) is 60.7 Å². The summed E-state index contributed by atoms with van der Waals surface area (Å²) in [5.74, 6) is 2.11. The monoisotopic (exact) mass is 536 g/mol. The maximum Gasteiger partial charge on any atom is 0.240 e. The molecule has 8 nitrogen and oxygen atoms in total. The van der Waals surface area contributed by atoms with E-state index in [0.717, 1.165) is 40.0 Å². The first-order valence-electron chi connectivity index (χ1n) is 13.6. The molecule has 1 atom stereocenters. The molecule has 40 heavy (non-hydrogen) atoms. The molecule has 206 valence electrons. The predicted octanol–water partition coefficient (Wildman–Crippen LogP) is 4.74. The Hall–Kier alpha value is -4.43. The third-order valence-corrected chi connectivity index (χ3v) is 7.14. The van der Waals surface area contributed by atoms with E-state index in [1.807, 2.05) is 66.9 Å². The zero-order valence-electron chi connectivity index (χ0n) is 23.2. The molecule has 2 aromatic heterocycles. The van der Waals surface area contributed by atoms with Gasteiger partial charge in [-0.15, -0.1) is 10.2 Å². The van der Waals surface area contributed by atoms with E-state index in [2.05, 4.69) is 43.3 Å². The smallest absolute Gasteiger partial charge is 0.240 e. The van der Waals surface area contributed by atoms with Crippen molar-refractivity contribution < 1.29 is 9.53 Å². The molecule has 0 unspecified atom stereocenters. The topological polar surface area (TPSA) is 111 Å². The molecule has 0 aliphatic carbocycles. The van der Waals surface area contributed by atoms with E-state index in [0.29, 0.717) is 25.2 Å². The average Bonchev–Trinajstić information content (AvgIpc) is 3.56. The number of aromatic nitrogens is 4. The largest absolute Gasteiger partial charge is 0.497 e. The van der Waals surface area contributed by atoms with Gasteiger partial charge < -0.3 is 25.3 Å². The van der Waals surface area contributed by atoms with Crippen LogP contribution in [0.15, 0.2) is 85.1 Å². The van der Waals surface area contributed by atoms with Crippen LogP contribution in [-0.2, 0) is 30.6 Å². The molecule has 5 aromatic rings. The second-order valence-electron chi connectivity index (χ2n) is 10.7. The van der Waals surface area contributed by atoms with Crippen LogP contribution in [0, 0.1) is 0 Å². The first-order chi connectivity index (χ1) is 19.3. The minimum Gasteiger partial charge on any atom is -0.497 e. The highest BCUT2D eigenvalue weighted by molar-refractivity contribution is 5.86. The standard InChI is InChI=1S/C32H36N6O2/c1-32(2,33)31(39)35-28(19-24-20-34-27-12-8-7-11-26(24)27)30-37-36-29(18-15-22-9-5-4-6-10-22)38(30)21-23-13-16-25(40-3)17-14-23/h4-14,16-17,20,28,34H,15,18-19,21,33H2,1-3H3,(H,35,39)/t28-/m1/s1. The van der Waals surface area contributed by atoms with Crippen LogP contribution in [0.2, 0.25) is 0 Å². The zero-order chi connectivity index (χ0) is 28.1. The number of nitrogens with zero attached hydrogens (tertiary/aromatic N) is 3. The van der Waals surface area contributed by atoms with E-state index in [9.17, 15) is 4.79 Å². The SMILES string of the molecule is COc1ccc(Cn2c(CCc3ccccc3)nnc2[C@@H](Cc2c[nH]c3ccccc23)NC(=O)C(C)(C)N)cc1. The van der Waals surface area contributed by atoms with Crippen molar-refractivity contribution in [1.29, 1.82) is 0 Å². The lowest BCUT2D eigenvalue weighted by molar-refractivity contribution is -0.126. The Morgan fingerprint density at radius 1 is 0.975 bits per heavy atom. The number of para-hydroxylation sites is 1. The van der Waals surface area contributed by atoms with Crippen LogP contribution < -0.4 is 15.8 Å². The Bertz CT molecular complexity index is 1560. The van der Waals surface area contributed by atoms with Crippen molar-refractivity contribution in [2.75, 3.05) is 7.11 Å². The molecule has 0 aliphatic rings. The molecule has 1 amide bonds. The van der Waals surface area contributed by atoms with Crippen molar-refractivity contribution >= 4 is 16.8 Å². The lowest BCUT2D eigenvalue weighted by Crippen LogP contribution is -2.50. The number of benzene rings is 3. The van der Waals surface area contributed by atoms with E-state index in [-0.39, 0.29) is 5.91 Å². The van der Waals surface area contributed by atoms with Crippen LogP contribution in [0.25, 0.3) is 10.9 Å². The quantitative estimate of drug-likeness (QED) is 0.226. The van der Waals surface area contributed by atoms with Gasteiger partial charge in [-0.2, -0.15) is 0 Å². The fourth-order valence-electron chi connectivity index (χ4n) is 4.85. The summed E-state index contributed by atoms with van der Waals surface area (Å²) >= 11 is 0. The van der Waals surface area contributed by atoms with Gasteiger partial charge in [0.25, 0.3) is 0 Å². The molecule has 0 radical (unpaired) electrons. The Morgan fingerprint density at radius 3 is 2.42 bits per heavy atom. The Labute approximate surface area is 234 Å². The van der Waals surface area contributed by atoms with Gasteiger partial charge in [0.15, 0.2) is 5.82 Å². The van der Waals surface area contributed by atoms with Gasteiger partial charge in [0, 0.05) is 29.9 Å². The molecule has 0 saturated heterocycles. The van der Waals surface area contributed by atoms with Gasteiger partial charge in [0.05, 0.1) is 25.2 Å². The molecule has 8 heteroatoms. The highest BCUT2D eigenvalue weighted by Crippen LogP contribution is 2.26. The van der Waals surface area contributed by atoms with Crippen LogP contribution in [0.1, 0.15) is 48.2 Å². The maximum atomic E-state index is 13.2. The van der Waals surface area contributed by atoms with Gasteiger partial charge in [0.1, 0.15) is 11.6 Å². The number of nitrogens with two attached hydrogens (primary N) is 1. The molecule has 0 aliphatic heterocycles. The molecular weight excluding hydrogens is 500 g/mol. The molecule has 5 rings (SSSR count). The summed E-state index contributed by atoms with van der Waals surface area (Å²) in [5, 5.41) is 13.6. The summed E-state index contributed by atoms with van der Waals surface area (Å²) in [7, 11) is 1.66. The summed E-state index contributed by atoms with van der Waals surface area (Å²) in [6.45, 7) is 3.97. The van der Waals surface area contributed by atoms with Crippen LogP contribution in [-0.4, -0.2) is 38.3 Å². The van der Waals surface area contributed by atoms with Crippen LogP contribution in [0.3, 0.4) is 0 Å². The minimum atomic E-state index is -1.05. The normalized spacial score (nSPS) is 12.4. The number of hydrogen-bond donors (Lipinski definition) is 3. The Morgan fingerprint density at radius 2 is 1.70 bits per heavy atom. The second kappa shape index (κ2) is 11.8. The third-order valence-electron chi connectivity index (χ3n) is 7.14. The Kier molecular flexibility index (Phi) is 7.98. The lowest BCUT2D eigenvalue weighted by atomic mass is 10.0. The minimum absolute atomic E-state index is 0.248. The summed E-state index contributed by atoms with van der Waals surface area (Å²) in [6, 6.07) is 26.0. The fourth-order valence-corrected chi connectivity index (χ4v) is 4.85. The number of nitrogens with one attached hydrogen (secondary N) is 2. The molecule has 0 fully saturated rings. The number of H-pyrrole nitrogens is 1. The summed E-state index contributed by atoms with van der Waals surface area (Å²) in [4.78, 5) is 16.5. The number of aryl methyl sites for hydroxylation is 2. The van der Waals surface area contributed by atoms with Crippen molar-refractivity contribution in [2.24, 2.45) is 5.73 Å². The number of amides is 1. The lowest BCUT2D eigenvalue weighted by Gasteiger charge is -2.25. The van der Waals surface area contributed by atoms with Crippen LogP contribution >= 0.6 is 0 Å². The van der Waals surface area contributed by atoms with Crippen molar-refractivity contribution in [3.63, 3.8) is 0 Å². The molecule has 3 aromatic carbocycles. The van der Waals surface area contributed by atoms with E-state index >= 15 is 0 Å². The van der Waals surface area contributed by atoms with Crippen molar-refractivity contribution in [3.8, 4) is 5.75 Å². The molecular formula is C32H36N6O2.